The van der Waals surface area contributed by atoms with E-state index in [0.29, 0.717) is 6.07 Å². The molecule has 0 fully saturated rings. The van der Waals surface area contributed by atoms with Crippen molar-refractivity contribution in [3.63, 3.8) is 0 Å². The van der Waals surface area contributed by atoms with Crippen molar-refractivity contribution in [1.29, 1.82) is 0 Å². The van der Waals surface area contributed by atoms with Crippen molar-refractivity contribution in [2.24, 2.45) is 0 Å². The van der Waals surface area contributed by atoms with Gasteiger partial charge in [0.05, 0.1) is 21.6 Å². The van der Waals surface area contributed by atoms with Crippen molar-refractivity contribution in [3.05, 3.63) is 51.8 Å². The molecule has 1 aromatic heterocycles. The lowest BCUT2D eigenvalue weighted by molar-refractivity contribution is -0.292. The van der Waals surface area contributed by atoms with E-state index in [1.807, 2.05) is 0 Å². The highest BCUT2D eigenvalue weighted by molar-refractivity contribution is 6.34. The number of imidazole rings is 1. The molecule has 0 bridgehead atoms. The van der Waals surface area contributed by atoms with Gasteiger partial charge in [0.1, 0.15) is 0 Å². The SMILES string of the molecule is FC(F)(F)c1cc(Cl)ccc1-c1cc2nc(C(F)(F)C(F)(F)F)[nH]c2cc1Cl. The average molecular weight is 449 g/mol. The van der Waals surface area contributed by atoms with Gasteiger partial charge < -0.3 is 4.98 Å². The molecule has 3 rings (SSSR count). The van der Waals surface area contributed by atoms with E-state index in [4.69, 9.17) is 23.2 Å². The van der Waals surface area contributed by atoms with Gasteiger partial charge in [-0.2, -0.15) is 35.1 Å². The molecular weight excluding hydrogens is 443 g/mol. The highest BCUT2D eigenvalue weighted by Gasteiger charge is 2.61. The highest BCUT2D eigenvalue weighted by Crippen LogP contribution is 2.45. The first-order chi connectivity index (χ1) is 12.7. The first-order valence-corrected chi connectivity index (χ1v) is 7.99. The summed E-state index contributed by atoms with van der Waals surface area (Å²) in [7, 11) is 0. The standard InChI is InChI=1S/C16H6Cl2F8N2/c17-6-1-2-7(9(3-6)15(21,22)23)8-4-11-12(5-10(8)18)28-13(27-11)14(19,20)16(24,25)26/h1-5H,(H,27,28). The largest absolute Gasteiger partial charge is 0.461 e. The lowest BCUT2D eigenvalue weighted by Crippen LogP contribution is -2.34. The third-order valence-corrected chi connectivity index (χ3v) is 4.35. The first-order valence-electron chi connectivity index (χ1n) is 7.23. The maximum Gasteiger partial charge on any atom is 0.461 e. The van der Waals surface area contributed by atoms with E-state index in [1.54, 1.807) is 4.98 Å². The van der Waals surface area contributed by atoms with E-state index >= 15 is 0 Å². The Morgan fingerprint density at radius 2 is 1.46 bits per heavy atom. The van der Waals surface area contributed by atoms with Crippen molar-refractivity contribution in [1.82, 2.24) is 9.97 Å². The van der Waals surface area contributed by atoms with Crippen LogP contribution in [0.4, 0.5) is 35.1 Å². The van der Waals surface area contributed by atoms with E-state index in [1.165, 1.54) is 0 Å². The van der Waals surface area contributed by atoms with E-state index in [0.717, 1.165) is 24.3 Å². The molecule has 1 N–H and O–H groups in total. The summed E-state index contributed by atoms with van der Waals surface area (Å²) in [5.41, 5.74) is -2.56. The van der Waals surface area contributed by atoms with Gasteiger partial charge >= 0.3 is 18.3 Å². The van der Waals surface area contributed by atoms with Gasteiger partial charge in [-0.1, -0.05) is 29.3 Å². The summed E-state index contributed by atoms with van der Waals surface area (Å²) in [5.74, 6) is -6.98. The van der Waals surface area contributed by atoms with Gasteiger partial charge in [-0.15, -0.1) is 0 Å². The number of hydrogen-bond donors (Lipinski definition) is 1. The molecule has 0 atom stereocenters. The number of hydrogen-bond acceptors (Lipinski definition) is 1. The summed E-state index contributed by atoms with van der Waals surface area (Å²) in [6.45, 7) is 0. The number of benzene rings is 2. The number of nitrogens with one attached hydrogen (secondary N) is 1. The molecular formula is C16H6Cl2F8N2. The van der Waals surface area contributed by atoms with Crippen LogP contribution in [0.15, 0.2) is 30.3 Å². The smallest absolute Gasteiger partial charge is 0.337 e. The Bertz CT molecular complexity index is 1050. The second kappa shape index (κ2) is 6.48. The third kappa shape index (κ3) is 3.50. The van der Waals surface area contributed by atoms with Gasteiger partial charge in [0, 0.05) is 10.6 Å². The number of fused-ring (bicyclic) bond motifs is 1. The number of nitrogens with zero attached hydrogens (tertiary/aromatic N) is 1. The van der Waals surface area contributed by atoms with Crippen LogP contribution in [-0.4, -0.2) is 16.1 Å². The summed E-state index contributed by atoms with van der Waals surface area (Å²) in [6.07, 6.45) is -10.7. The number of rotatable bonds is 2. The van der Waals surface area contributed by atoms with Crippen LogP contribution in [0.1, 0.15) is 11.4 Å². The second-order valence-corrected chi connectivity index (χ2v) is 6.54. The fourth-order valence-electron chi connectivity index (χ4n) is 2.51. The van der Waals surface area contributed by atoms with Gasteiger partial charge in [0.15, 0.2) is 5.82 Å². The molecule has 1 heterocycles. The molecule has 0 radical (unpaired) electrons. The Morgan fingerprint density at radius 3 is 2.04 bits per heavy atom. The summed E-state index contributed by atoms with van der Waals surface area (Å²) in [5, 5.41) is -0.522. The number of aromatic nitrogens is 2. The van der Waals surface area contributed by atoms with Crippen molar-refractivity contribution in [2.75, 3.05) is 0 Å². The molecule has 0 saturated heterocycles. The normalized spacial score (nSPS) is 13.4. The Balaban J connectivity index is 2.22. The maximum atomic E-state index is 13.5. The van der Waals surface area contributed by atoms with Crippen LogP contribution >= 0.6 is 23.2 Å². The van der Waals surface area contributed by atoms with Crippen molar-refractivity contribution in [3.8, 4) is 11.1 Å². The number of alkyl halides is 8. The molecule has 0 aliphatic heterocycles. The van der Waals surface area contributed by atoms with Crippen LogP contribution < -0.4 is 0 Å². The maximum absolute atomic E-state index is 13.5. The zero-order valence-corrected chi connectivity index (χ0v) is 14.6. The fraction of sp³-hybridized carbons (Fsp3) is 0.188. The van der Waals surface area contributed by atoms with Crippen LogP contribution in [0, 0.1) is 0 Å². The molecule has 0 aliphatic carbocycles. The second-order valence-electron chi connectivity index (χ2n) is 5.69. The van der Waals surface area contributed by atoms with Crippen molar-refractivity contribution >= 4 is 34.2 Å². The Morgan fingerprint density at radius 1 is 0.821 bits per heavy atom. The third-order valence-electron chi connectivity index (χ3n) is 3.80. The molecule has 150 valence electrons. The van der Waals surface area contributed by atoms with Gasteiger partial charge in [-0.05, 0) is 29.8 Å². The molecule has 3 aromatic rings. The van der Waals surface area contributed by atoms with Crippen LogP contribution in [0.25, 0.3) is 22.2 Å². The van der Waals surface area contributed by atoms with Gasteiger partial charge in [0.2, 0.25) is 0 Å². The van der Waals surface area contributed by atoms with Gasteiger partial charge in [0.25, 0.3) is 0 Å². The summed E-state index contributed by atoms with van der Waals surface area (Å²) < 4.78 is 104. The van der Waals surface area contributed by atoms with E-state index < -0.39 is 40.7 Å². The predicted molar refractivity (Wildman–Crippen MR) is 86.5 cm³/mol. The molecule has 2 nitrogen and oxygen atoms in total. The molecule has 2 aromatic carbocycles. The Labute approximate surface area is 161 Å². The van der Waals surface area contributed by atoms with E-state index in [-0.39, 0.29) is 21.1 Å². The van der Waals surface area contributed by atoms with Gasteiger partial charge in [-0.3, -0.25) is 0 Å². The van der Waals surface area contributed by atoms with E-state index in [2.05, 4.69) is 4.98 Å². The van der Waals surface area contributed by atoms with E-state index in [9.17, 15) is 35.1 Å². The van der Waals surface area contributed by atoms with Crippen molar-refractivity contribution < 1.29 is 35.1 Å². The summed E-state index contributed by atoms with van der Waals surface area (Å²) in [6, 6.07) is 4.62. The fourth-order valence-corrected chi connectivity index (χ4v) is 2.94. The molecule has 28 heavy (non-hydrogen) atoms. The Kier molecular flexibility index (Phi) is 4.78. The summed E-state index contributed by atoms with van der Waals surface area (Å²) >= 11 is 11.6. The monoisotopic (exact) mass is 448 g/mol. The quantitative estimate of drug-likeness (QED) is 0.412. The van der Waals surface area contributed by atoms with Crippen LogP contribution in [0.3, 0.4) is 0 Å². The molecule has 0 saturated carbocycles. The van der Waals surface area contributed by atoms with Gasteiger partial charge in [-0.25, -0.2) is 4.98 Å². The lowest BCUT2D eigenvalue weighted by atomic mass is 9.99. The average Bonchev–Trinajstić information content (AvgIpc) is 2.95. The molecule has 0 aliphatic rings. The molecule has 12 heteroatoms. The number of H-pyrrole nitrogens is 1. The summed E-state index contributed by atoms with van der Waals surface area (Å²) in [4.78, 5) is 5.00. The first kappa shape index (κ1) is 20.7. The minimum Gasteiger partial charge on any atom is -0.337 e. The molecule has 0 unspecified atom stereocenters. The number of halogens is 10. The topological polar surface area (TPSA) is 28.7 Å². The minimum absolute atomic E-state index is 0.208. The molecule has 0 amide bonds. The van der Waals surface area contributed by atoms with Crippen LogP contribution in [-0.2, 0) is 12.1 Å². The zero-order valence-electron chi connectivity index (χ0n) is 13.1. The number of aromatic amines is 1. The minimum atomic E-state index is -5.91. The highest BCUT2D eigenvalue weighted by atomic mass is 35.5. The van der Waals surface area contributed by atoms with Crippen LogP contribution in [0.5, 0.6) is 0 Å². The molecule has 0 spiro atoms. The van der Waals surface area contributed by atoms with Crippen LogP contribution in [0.2, 0.25) is 10.0 Å². The van der Waals surface area contributed by atoms with Crippen molar-refractivity contribution in [2.45, 2.75) is 18.3 Å². The lowest BCUT2D eigenvalue weighted by Gasteiger charge is -2.16. The zero-order chi connectivity index (χ0) is 21.1. The predicted octanol–water partition coefficient (Wildman–Crippen LogP) is 7.21. The Hall–Kier alpha value is -2.07.